The molecule has 1 aromatic heterocycles. The first-order valence-electron chi connectivity index (χ1n) is 11.2. The molecule has 0 N–H and O–H groups in total. The third-order valence-electron chi connectivity index (χ3n) is 5.97. The number of esters is 1. The number of amides is 1. The van der Waals surface area contributed by atoms with E-state index in [0.29, 0.717) is 5.56 Å². The van der Waals surface area contributed by atoms with Crippen molar-refractivity contribution in [2.24, 2.45) is 0 Å². The highest BCUT2D eigenvalue weighted by Gasteiger charge is 2.36. The van der Waals surface area contributed by atoms with Crippen molar-refractivity contribution < 1.29 is 19.1 Å². The van der Waals surface area contributed by atoms with Crippen LogP contribution in [0.2, 0.25) is 0 Å². The zero-order valence-corrected chi connectivity index (χ0v) is 20.6. The summed E-state index contributed by atoms with van der Waals surface area (Å²) in [5.74, 6) is 0.409. The third kappa shape index (κ3) is 6.11. The first-order valence-corrected chi connectivity index (χ1v) is 12.0. The van der Waals surface area contributed by atoms with E-state index < -0.39 is 11.6 Å². The Morgan fingerprint density at radius 1 is 1.10 bits per heavy atom. The number of ether oxygens (including phenoxy) is 2. The quantitative estimate of drug-likeness (QED) is 0.536. The number of carbonyl (C=O) groups is 2. The van der Waals surface area contributed by atoms with E-state index in [0.717, 1.165) is 49.1 Å². The summed E-state index contributed by atoms with van der Waals surface area (Å²) in [7, 11) is 1.36. The topological polar surface area (TPSA) is 72.0 Å². The fraction of sp³-hybridized carbons (Fsp3) is 0.696. The molecule has 1 aliphatic heterocycles. The maximum Gasteiger partial charge on any atom is 0.410 e. The normalized spacial score (nSPS) is 18.5. The van der Waals surface area contributed by atoms with E-state index in [-0.39, 0.29) is 18.2 Å². The molecule has 1 aromatic rings. The number of anilines is 1. The Labute approximate surface area is 193 Å². The zero-order valence-electron chi connectivity index (χ0n) is 19.0. The lowest BCUT2D eigenvalue weighted by Gasteiger charge is -2.44. The second kappa shape index (κ2) is 10.2. The van der Waals surface area contributed by atoms with Crippen molar-refractivity contribution in [2.45, 2.75) is 83.4 Å². The van der Waals surface area contributed by atoms with Crippen LogP contribution in [0.15, 0.2) is 16.7 Å². The van der Waals surface area contributed by atoms with Gasteiger partial charge in [0.2, 0.25) is 0 Å². The van der Waals surface area contributed by atoms with Crippen LogP contribution < -0.4 is 4.90 Å². The van der Waals surface area contributed by atoms with E-state index in [1.54, 1.807) is 12.3 Å². The van der Waals surface area contributed by atoms with Crippen molar-refractivity contribution in [2.75, 3.05) is 25.1 Å². The summed E-state index contributed by atoms with van der Waals surface area (Å²) in [6.07, 6.45) is 8.80. The van der Waals surface area contributed by atoms with Crippen LogP contribution in [0, 0.1) is 0 Å². The second-order valence-electron chi connectivity index (χ2n) is 9.42. The molecule has 1 saturated carbocycles. The molecule has 3 rings (SSSR count). The Hall–Kier alpha value is -1.83. The number of hydrogen-bond acceptors (Lipinski definition) is 6. The average molecular weight is 496 g/mol. The van der Waals surface area contributed by atoms with E-state index >= 15 is 0 Å². The van der Waals surface area contributed by atoms with Gasteiger partial charge in [-0.3, -0.25) is 0 Å². The Bertz CT molecular complexity index is 782. The van der Waals surface area contributed by atoms with E-state index in [9.17, 15) is 9.59 Å². The summed E-state index contributed by atoms with van der Waals surface area (Å²) in [5.41, 5.74) is -0.0812. The molecule has 1 amide bonds. The number of methoxy groups -OCH3 is 1. The standard InChI is InChI=1S/C23H34BrN3O4/c1-23(2,3)31-22(29)27(17-8-6-5-7-9-17)18-10-12-26(13-11-18)20-19(24)14-16(15-25-20)21(28)30-4/h14-15,17-18H,5-13H2,1-4H3. The third-order valence-corrected chi connectivity index (χ3v) is 6.56. The van der Waals surface area contributed by atoms with Gasteiger partial charge in [0.15, 0.2) is 0 Å². The van der Waals surface area contributed by atoms with Crippen LogP contribution in [0.4, 0.5) is 10.6 Å². The summed E-state index contributed by atoms with van der Waals surface area (Å²) in [6, 6.07) is 2.18. The van der Waals surface area contributed by atoms with Gasteiger partial charge in [0, 0.05) is 31.4 Å². The number of piperidine rings is 1. The molecule has 1 aliphatic carbocycles. The molecular formula is C23H34BrN3O4. The van der Waals surface area contributed by atoms with Gasteiger partial charge in [0.1, 0.15) is 11.4 Å². The number of aromatic nitrogens is 1. The number of carbonyl (C=O) groups excluding carboxylic acids is 2. The molecule has 2 fully saturated rings. The van der Waals surface area contributed by atoms with Crippen molar-refractivity contribution in [3.8, 4) is 0 Å². The van der Waals surface area contributed by atoms with Crippen LogP contribution >= 0.6 is 15.9 Å². The highest BCUT2D eigenvalue weighted by atomic mass is 79.9. The minimum atomic E-state index is -0.499. The lowest BCUT2D eigenvalue weighted by molar-refractivity contribution is -0.00314. The minimum Gasteiger partial charge on any atom is -0.465 e. The van der Waals surface area contributed by atoms with Gasteiger partial charge in [0.25, 0.3) is 0 Å². The number of nitrogens with zero attached hydrogens (tertiary/aromatic N) is 3. The van der Waals surface area contributed by atoms with Gasteiger partial charge in [-0.1, -0.05) is 19.3 Å². The van der Waals surface area contributed by atoms with E-state index in [2.05, 4.69) is 25.8 Å². The van der Waals surface area contributed by atoms with Gasteiger partial charge in [-0.05, 0) is 68.5 Å². The number of pyridine rings is 1. The van der Waals surface area contributed by atoms with Crippen molar-refractivity contribution in [1.29, 1.82) is 0 Å². The van der Waals surface area contributed by atoms with Gasteiger partial charge < -0.3 is 19.3 Å². The molecular weight excluding hydrogens is 462 g/mol. The van der Waals surface area contributed by atoms with E-state index in [1.165, 1.54) is 26.4 Å². The van der Waals surface area contributed by atoms with Gasteiger partial charge in [-0.25, -0.2) is 14.6 Å². The predicted molar refractivity (Wildman–Crippen MR) is 123 cm³/mol. The summed E-state index contributed by atoms with van der Waals surface area (Å²) in [5, 5.41) is 0. The highest BCUT2D eigenvalue weighted by Crippen LogP contribution is 2.32. The van der Waals surface area contributed by atoms with Gasteiger partial charge in [-0.15, -0.1) is 0 Å². The molecule has 0 aromatic carbocycles. The second-order valence-corrected chi connectivity index (χ2v) is 10.3. The summed E-state index contributed by atoms with van der Waals surface area (Å²) >= 11 is 3.55. The Balaban J connectivity index is 1.70. The molecule has 2 heterocycles. The number of halogens is 1. The molecule has 0 bridgehead atoms. The van der Waals surface area contributed by atoms with Crippen molar-refractivity contribution in [3.05, 3.63) is 22.3 Å². The Morgan fingerprint density at radius 2 is 1.71 bits per heavy atom. The lowest BCUT2D eigenvalue weighted by Crippen LogP contribution is -2.53. The molecule has 7 nitrogen and oxygen atoms in total. The maximum absolute atomic E-state index is 13.1. The van der Waals surface area contributed by atoms with Crippen LogP contribution in [-0.4, -0.2) is 59.8 Å². The largest absolute Gasteiger partial charge is 0.465 e. The fourth-order valence-corrected chi connectivity index (χ4v) is 5.12. The molecule has 1 saturated heterocycles. The molecule has 0 radical (unpaired) electrons. The average Bonchev–Trinajstić information content (AvgIpc) is 2.73. The van der Waals surface area contributed by atoms with Crippen molar-refractivity contribution >= 4 is 33.8 Å². The van der Waals surface area contributed by atoms with Crippen LogP contribution in [-0.2, 0) is 9.47 Å². The highest BCUT2D eigenvalue weighted by molar-refractivity contribution is 9.10. The Kier molecular flexibility index (Phi) is 7.83. The summed E-state index contributed by atoms with van der Waals surface area (Å²) < 4.78 is 11.3. The molecule has 0 spiro atoms. The number of hydrogen-bond donors (Lipinski definition) is 0. The van der Waals surface area contributed by atoms with Crippen molar-refractivity contribution in [1.82, 2.24) is 9.88 Å². The first kappa shape index (κ1) is 23.8. The van der Waals surface area contributed by atoms with Crippen LogP contribution in [0.3, 0.4) is 0 Å². The molecule has 172 valence electrons. The minimum absolute atomic E-state index is 0.169. The summed E-state index contributed by atoms with van der Waals surface area (Å²) in [4.78, 5) is 33.6. The van der Waals surface area contributed by atoms with E-state index in [1.807, 2.05) is 25.7 Å². The number of rotatable bonds is 4. The SMILES string of the molecule is COC(=O)c1cnc(N2CCC(N(C(=O)OC(C)(C)C)C3CCCCC3)CC2)c(Br)c1. The molecule has 0 atom stereocenters. The lowest BCUT2D eigenvalue weighted by atomic mass is 9.91. The van der Waals surface area contributed by atoms with E-state index in [4.69, 9.17) is 9.47 Å². The van der Waals surface area contributed by atoms with Gasteiger partial charge in [0.05, 0.1) is 17.1 Å². The molecule has 31 heavy (non-hydrogen) atoms. The Morgan fingerprint density at radius 3 is 2.26 bits per heavy atom. The van der Waals surface area contributed by atoms with Crippen LogP contribution in [0.25, 0.3) is 0 Å². The predicted octanol–water partition coefficient (Wildman–Crippen LogP) is 5.17. The van der Waals surface area contributed by atoms with Crippen LogP contribution in [0.5, 0.6) is 0 Å². The monoisotopic (exact) mass is 495 g/mol. The maximum atomic E-state index is 13.1. The summed E-state index contributed by atoms with van der Waals surface area (Å²) in [6.45, 7) is 7.36. The molecule has 0 unspecified atom stereocenters. The van der Waals surface area contributed by atoms with Crippen LogP contribution in [0.1, 0.15) is 76.1 Å². The molecule has 8 heteroatoms. The fourth-order valence-electron chi connectivity index (χ4n) is 4.52. The molecule has 2 aliphatic rings. The smallest absolute Gasteiger partial charge is 0.410 e. The van der Waals surface area contributed by atoms with Crippen molar-refractivity contribution in [3.63, 3.8) is 0 Å². The van der Waals surface area contributed by atoms with Gasteiger partial charge in [-0.2, -0.15) is 0 Å². The zero-order chi connectivity index (χ0) is 22.6. The van der Waals surface area contributed by atoms with Gasteiger partial charge >= 0.3 is 12.1 Å². The first-order chi connectivity index (χ1) is 14.7.